The molecule has 3 N–H and O–H groups in total. The van der Waals surface area contributed by atoms with Crippen molar-refractivity contribution in [3.8, 4) is 0 Å². The van der Waals surface area contributed by atoms with Gasteiger partial charge in [-0.3, -0.25) is 19.1 Å². The van der Waals surface area contributed by atoms with Crippen LogP contribution in [0.5, 0.6) is 0 Å². The number of ether oxygens (including phenoxy) is 1. The lowest BCUT2D eigenvalue weighted by atomic mass is 9.85. The maximum atomic E-state index is 13.7. The number of nitrogens with zero attached hydrogens (tertiary/aromatic N) is 1. The number of amides is 4. The van der Waals surface area contributed by atoms with Crippen LogP contribution in [0.2, 0.25) is 0 Å². The molecule has 38 heavy (non-hydrogen) atoms. The summed E-state index contributed by atoms with van der Waals surface area (Å²) in [6.45, 7) is 13.4. The number of carbonyl (C=O) groups excluding carboxylic acids is 4. The molecule has 2 aliphatic carbocycles. The van der Waals surface area contributed by atoms with Gasteiger partial charge in [0.05, 0.1) is 0 Å². The van der Waals surface area contributed by atoms with Crippen LogP contribution in [0.4, 0.5) is 4.79 Å². The Labute approximate surface area is 231 Å². The fourth-order valence-electron chi connectivity index (χ4n) is 5.11. The number of carbonyl (C=O) groups is 4. The monoisotopic (exact) mass is 550 g/mol. The van der Waals surface area contributed by atoms with Crippen molar-refractivity contribution in [2.45, 2.75) is 127 Å². The van der Waals surface area contributed by atoms with E-state index in [0.717, 1.165) is 44.9 Å². The van der Waals surface area contributed by atoms with Gasteiger partial charge in [-0.15, -0.1) is 6.58 Å². The quantitative estimate of drug-likeness (QED) is 0.262. The predicted molar refractivity (Wildman–Crippen MR) is 149 cm³/mol. The molecule has 3 aliphatic rings. The highest BCUT2D eigenvalue weighted by Crippen LogP contribution is 2.50. The Balaban J connectivity index is 1.65. The van der Waals surface area contributed by atoms with Crippen molar-refractivity contribution >= 4 is 35.8 Å². The SMILES string of the molecule is C=CCC1(SNC(=O)[C@](C)(CC)NC(=O)C2CCCN2C(=O)[C@@H](NC(=O)OC2CCCC2)C(C)(C)C)CC1. The molecule has 0 spiro atoms. The standard InChI is InChI=1S/C28H46N4O5S/c1-7-15-28(16-17-28)38-31-24(35)27(6,8-2)30-22(33)20-14-11-18-32(20)23(34)21(26(3,4)5)29-25(36)37-19-12-9-10-13-19/h7,19-21H,1,8-18H2,2-6H3,(H,29,36)(H,30,33)(H,31,35)/t20?,21-,27+/m1/s1. The molecule has 10 heteroatoms. The van der Waals surface area contributed by atoms with Gasteiger partial charge >= 0.3 is 6.09 Å². The second kappa shape index (κ2) is 12.3. The first-order chi connectivity index (χ1) is 17.8. The first kappa shape index (κ1) is 30.3. The molecule has 3 rings (SSSR count). The maximum absolute atomic E-state index is 13.7. The van der Waals surface area contributed by atoms with E-state index in [4.69, 9.17) is 4.74 Å². The van der Waals surface area contributed by atoms with Crippen LogP contribution in [0.1, 0.15) is 98.8 Å². The summed E-state index contributed by atoms with van der Waals surface area (Å²) in [7, 11) is 0. The van der Waals surface area contributed by atoms with Crippen molar-refractivity contribution < 1.29 is 23.9 Å². The first-order valence-corrected chi connectivity index (χ1v) is 14.8. The molecular weight excluding hydrogens is 504 g/mol. The number of allylic oxidation sites excluding steroid dienone is 1. The van der Waals surface area contributed by atoms with Crippen LogP contribution in [0.3, 0.4) is 0 Å². The van der Waals surface area contributed by atoms with Crippen molar-refractivity contribution in [3.63, 3.8) is 0 Å². The molecule has 0 aromatic carbocycles. The Morgan fingerprint density at radius 3 is 2.32 bits per heavy atom. The van der Waals surface area contributed by atoms with E-state index >= 15 is 0 Å². The zero-order valence-corrected chi connectivity index (χ0v) is 24.5. The van der Waals surface area contributed by atoms with Gasteiger partial charge in [-0.1, -0.05) is 33.8 Å². The van der Waals surface area contributed by atoms with Gasteiger partial charge in [0.2, 0.25) is 11.8 Å². The van der Waals surface area contributed by atoms with E-state index in [1.807, 2.05) is 33.8 Å². The number of hydrogen-bond acceptors (Lipinski definition) is 6. The Morgan fingerprint density at radius 1 is 1.11 bits per heavy atom. The van der Waals surface area contributed by atoms with Gasteiger partial charge in [0.25, 0.3) is 5.91 Å². The van der Waals surface area contributed by atoms with Crippen LogP contribution < -0.4 is 15.4 Å². The van der Waals surface area contributed by atoms with Gasteiger partial charge in [0.1, 0.15) is 23.7 Å². The lowest BCUT2D eigenvalue weighted by molar-refractivity contribution is -0.143. The van der Waals surface area contributed by atoms with Crippen LogP contribution in [0.25, 0.3) is 0 Å². The summed E-state index contributed by atoms with van der Waals surface area (Å²) < 4.78 is 8.51. The molecule has 3 atom stereocenters. The molecule has 214 valence electrons. The van der Waals surface area contributed by atoms with Crippen molar-refractivity contribution in [2.24, 2.45) is 5.41 Å². The highest BCUT2D eigenvalue weighted by atomic mass is 32.2. The second-order valence-electron chi connectivity index (χ2n) is 12.3. The number of rotatable bonds is 11. The topological polar surface area (TPSA) is 117 Å². The predicted octanol–water partition coefficient (Wildman–Crippen LogP) is 4.22. The minimum atomic E-state index is -1.11. The smallest absolute Gasteiger partial charge is 0.408 e. The molecule has 4 amide bonds. The normalized spacial score (nSPS) is 23.2. The number of hydrogen-bond donors (Lipinski definition) is 3. The van der Waals surface area contributed by atoms with E-state index in [2.05, 4.69) is 21.9 Å². The van der Waals surface area contributed by atoms with Gasteiger partial charge in [-0.05, 0) is 88.5 Å². The molecular formula is C28H46N4O5S. The van der Waals surface area contributed by atoms with E-state index in [0.29, 0.717) is 25.8 Å². The third-order valence-electron chi connectivity index (χ3n) is 8.08. The largest absolute Gasteiger partial charge is 0.446 e. The fourth-order valence-corrected chi connectivity index (χ4v) is 6.15. The van der Waals surface area contributed by atoms with E-state index in [1.165, 1.54) is 11.9 Å². The zero-order chi connectivity index (χ0) is 28.1. The highest BCUT2D eigenvalue weighted by molar-refractivity contribution is 7.99. The Morgan fingerprint density at radius 2 is 1.76 bits per heavy atom. The van der Waals surface area contributed by atoms with Gasteiger partial charge < -0.3 is 20.3 Å². The van der Waals surface area contributed by atoms with Gasteiger partial charge in [-0.2, -0.15) is 0 Å². The molecule has 1 aliphatic heterocycles. The fraction of sp³-hybridized carbons (Fsp3) is 0.786. The van der Waals surface area contributed by atoms with Crippen LogP contribution in [-0.2, 0) is 19.1 Å². The number of alkyl carbamates (subject to hydrolysis) is 1. The van der Waals surface area contributed by atoms with E-state index in [9.17, 15) is 19.2 Å². The zero-order valence-electron chi connectivity index (χ0n) is 23.7. The first-order valence-electron chi connectivity index (χ1n) is 14.0. The van der Waals surface area contributed by atoms with E-state index in [-0.39, 0.29) is 28.6 Å². The molecule has 0 bridgehead atoms. The average Bonchev–Trinajstić information content (AvgIpc) is 3.23. The summed E-state index contributed by atoms with van der Waals surface area (Å²) in [6, 6.07) is -1.55. The number of nitrogens with one attached hydrogen (secondary N) is 3. The third kappa shape index (κ3) is 7.45. The molecule has 0 aromatic rings. The molecule has 9 nitrogen and oxygen atoms in total. The van der Waals surface area contributed by atoms with E-state index < -0.39 is 29.1 Å². The van der Waals surface area contributed by atoms with Gasteiger partial charge in [-0.25, -0.2) is 4.79 Å². The summed E-state index contributed by atoms with van der Waals surface area (Å²) in [5.74, 6) is -0.918. The van der Waals surface area contributed by atoms with Gasteiger partial charge in [0.15, 0.2) is 0 Å². The molecule has 1 saturated heterocycles. The van der Waals surface area contributed by atoms with Crippen LogP contribution in [0.15, 0.2) is 12.7 Å². The van der Waals surface area contributed by atoms with E-state index in [1.54, 1.807) is 11.8 Å². The molecule has 0 radical (unpaired) electrons. The number of likely N-dealkylation sites (tertiary alicyclic amines) is 1. The minimum Gasteiger partial charge on any atom is -0.446 e. The summed E-state index contributed by atoms with van der Waals surface area (Å²) in [5.41, 5.74) is -1.70. The summed E-state index contributed by atoms with van der Waals surface area (Å²) in [6.07, 6.45) is 9.35. The Hall–Kier alpha value is -2.23. The molecule has 1 unspecified atom stereocenters. The van der Waals surface area contributed by atoms with Crippen molar-refractivity contribution in [1.29, 1.82) is 0 Å². The Bertz CT molecular complexity index is 909. The molecule has 0 aromatic heterocycles. The van der Waals surface area contributed by atoms with Crippen molar-refractivity contribution in [3.05, 3.63) is 12.7 Å². The lowest BCUT2D eigenvalue weighted by Gasteiger charge is -2.36. The van der Waals surface area contributed by atoms with Crippen LogP contribution >= 0.6 is 11.9 Å². The third-order valence-corrected chi connectivity index (χ3v) is 9.38. The molecule has 2 saturated carbocycles. The highest BCUT2D eigenvalue weighted by Gasteiger charge is 2.46. The van der Waals surface area contributed by atoms with Crippen LogP contribution in [-0.4, -0.2) is 63.7 Å². The lowest BCUT2D eigenvalue weighted by Crippen LogP contribution is -2.61. The Kier molecular flexibility index (Phi) is 9.81. The molecule has 3 fully saturated rings. The maximum Gasteiger partial charge on any atom is 0.408 e. The van der Waals surface area contributed by atoms with Crippen molar-refractivity contribution in [1.82, 2.24) is 20.3 Å². The average molecular weight is 551 g/mol. The van der Waals surface area contributed by atoms with Crippen molar-refractivity contribution in [2.75, 3.05) is 6.54 Å². The summed E-state index contributed by atoms with van der Waals surface area (Å²) >= 11 is 1.41. The van der Waals surface area contributed by atoms with Crippen LogP contribution in [0, 0.1) is 5.41 Å². The van der Waals surface area contributed by atoms with Gasteiger partial charge in [0, 0.05) is 11.3 Å². The minimum absolute atomic E-state index is 0.0125. The summed E-state index contributed by atoms with van der Waals surface area (Å²) in [5, 5.41) is 5.72. The molecule has 1 heterocycles. The second-order valence-corrected chi connectivity index (χ2v) is 13.6. The summed E-state index contributed by atoms with van der Waals surface area (Å²) in [4.78, 5) is 54.5.